The van der Waals surface area contributed by atoms with Gasteiger partial charge in [-0.1, -0.05) is 12.5 Å². The van der Waals surface area contributed by atoms with Crippen LogP contribution in [0, 0.1) is 0 Å². The molecule has 0 amide bonds. The Balaban J connectivity index is 2.10. The normalized spacial score (nSPS) is 16.8. The van der Waals surface area contributed by atoms with Gasteiger partial charge in [-0.15, -0.1) is 0 Å². The smallest absolute Gasteiger partial charge is 0.342 e. The largest absolute Gasteiger partial charge is 0.459 e. The lowest BCUT2D eigenvalue weighted by Gasteiger charge is -2.22. The molecule has 1 aliphatic rings. The number of aromatic nitrogens is 1. The number of esters is 1. The molecule has 1 aromatic heterocycles. The number of ketones is 1. The molecule has 0 radical (unpaired) electrons. The minimum atomic E-state index is -0.532. The zero-order valence-electron chi connectivity index (χ0n) is 11.7. The lowest BCUT2D eigenvalue weighted by Crippen LogP contribution is -2.23. The van der Waals surface area contributed by atoms with Gasteiger partial charge in [-0.05, 0) is 50.8 Å². The van der Waals surface area contributed by atoms with E-state index < -0.39 is 5.97 Å². The number of hydrogen-bond acceptors (Lipinski definition) is 4. The molecule has 0 unspecified atom stereocenters. The van der Waals surface area contributed by atoms with Crippen LogP contribution in [0.4, 0.5) is 0 Å². The molecule has 0 spiro atoms. The summed E-state index contributed by atoms with van der Waals surface area (Å²) >= 11 is 0. The first-order chi connectivity index (χ1) is 9.66. The van der Waals surface area contributed by atoms with Gasteiger partial charge in [0.1, 0.15) is 11.7 Å². The molecule has 4 nitrogen and oxygen atoms in total. The number of nitrogens with zero attached hydrogens (tertiary/aromatic N) is 1. The number of carbonyl (C=O) groups is 2. The van der Waals surface area contributed by atoms with Crippen molar-refractivity contribution in [2.24, 2.45) is 0 Å². The van der Waals surface area contributed by atoms with E-state index in [1.807, 2.05) is 6.07 Å². The fourth-order valence-electron chi connectivity index (χ4n) is 2.31. The van der Waals surface area contributed by atoms with Crippen LogP contribution in [0.3, 0.4) is 0 Å². The van der Waals surface area contributed by atoms with E-state index in [0.717, 1.165) is 25.7 Å². The number of ether oxygens (including phenoxy) is 1. The molecule has 1 heterocycles. The fourth-order valence-corrected chi connectivity index (χ4v) is 2.31. The molecule has 0 bridgehead atoms. The van der Waals surface area contributed by atoms with E-state index in [2.05, 4.69) is 4.98 Å². The molecule has 2 rings (SSSR count). The molecule has 0 aliphatic heterocycles. The van der Waals surface area contributed by atoms with Gasteiger partial charge in [-0.25, -0.2) is 4.79 Å². The van der Waals surface area contributed by atoms with Crippen molar-refractivity contribution in [1.82, 2.24) is 4.98 Å². The summed E-state index contributed by atoms with van der Waals surface area (Å²) in [6.07, 6.45) is 8.19. The summed E-state index contributed by atoms with van der Waals surface area (Å²) in [6.45, 7) is 1.37. The van der Waals surface area contributed by atoms with Crippen LogP contribution >= 0.6 is 0 Å². The van der Waals surface area contributed by atoms with Gasteiger partial charge in [-0.2, -0.15) is 0 Å². The van der Waals surface area contributed by atoms with E-state index in [9.17, 15) is 9.59 Å². The number of hydrogen-bond donors (Lipinski definition) is 0. The molecule has 0 aromatic carbocycles. The van der Waals surface area contributed by atoms with E-state index in [1.165, 1.54) is 19.4 Å². The van der Waals surface area contributed by atoms with Gasteiger partial charge in [0, 0.05) is 6.20 Å². The maximum absolute atomic E-state index is 12.1. The van der Waals surface area contributed by atoms with Crippen LogP contribution < -0.4 is 0 Å². The van der Waals surface area contributed by atoms with Crippen molar-refractivity contribution < 1.29 is 14.3 Å². The quantitative estimate of drug-likeness (QED) is 0.366. The van der Waals surface area contributed by atoms with Crippen LogP contribution in [0.15, 0.2) is 30.0 Å². The summed E-state index contributed by atoms with van der Waals surface area (Å²) in [4.78, 5) is 27.8. The zero-order valence-corrected chi connectivity index (χ0v) is 11.7. The lowest BCUT2D eigenvalue weighted by molar-refractivity contribution is -0.146. The molecule has 1 fully saturated rings. The van der Waals surface area contributed by atoms with E-state index in [4.69, 9.17) is 4.74 Å². The molecule has 106 valence electrons. The highest BCUT2D eigenvalue weighted by Crippen LogP contribution is 2.21. The van der Waals surface area contributed by atoms with Crippen molar-refractivity contribution in [2.45, 2.75) is 45.1 Å². The van der Waals surface area contributed by atoms with Gasteiger partial charge in [0.05, 0.1) is 5.69 Å². The van der Waals surface area contributed by atoms with Gasteiger partial charge < -0.3 is 4.74 Å². The first-order valence-corrected chi connectivity index (χ1v) is 7.01. The van der Waals surface area contributed by atoms with Crippen LogP contribution in [0.5, 0.6) is 0 Å². The van der Waals surface area contributed by atoms with Crippen LogP contribution in [-0.4, -0.2) is 22.8 Å². The Morgan fingerprint density at radius 1 is 1.25 bits per heavy atom. The predicted molar refractivity (Wildman–Crippen MR) is 75.9 cm³/mol. The van der Waals surface area contributed by atoms with Crippen molar-refractivity contribution in [2.75, 3.05) is 0 Å². The summed E-state index contributed by atoms with van der Waals surface area (Å²) in [7, 11) is 0. The van der Waals surface area contributed by atoms with Crippen molar-refractivity contribution in [3.8, 4) is 0 Å². The van der Waals surface area contributed by atoms with Gasteiger partial charge in [0.25, 0.3) is 0 Å². The molecule has 1 saturated carbocycles. The van der Waals surface area contributed by atoms with Crippen LogP contribution in [0.25, 0.3) is 6.08 Å². The average molecular weight is 273 g/mol. The molecule has 20 heavy (non-hydrogen) atoms. The monoisotopic (exact) mass is 273 g/mol. The molecule has 1 aromatic rings. The van der Waals surface area contributed by atoms with E-state index in [1.54, 1.807) is 18.3 Å². The molecular weight excluding hydrogens is 254 g/mol. The van der Waals surface area contributed by atoms with Crippen LogP contribution in [0.1, 0.15) is 44.7 Å². The van der Waals surface area contributed by atoms with E-state index in [0.29, 0.717) is 5.69 Å². The highest BCUT2D eigenvalue weighted by molar-refractivity contribution is 6.19. The second-order valence-electron chi connectivity index (χ2n) is 5.03. The topological polar surface area (TPSA) is 56.3 Å². The predicted octanol–water partition coefficient (Wildman–Crippen LogP) is 2.93. The molecule has 1 aliphatic carbocycles. The van der Waals surface area contributed by atoms with Gasteiger partial charge in [0.15, 0.2) is 5.78 Å². The molecule has 0 N–H and O–H groups in total. The van der Waals surface area contributed by atoms with Gasteiger partial charge in [-0.3, -0.25) is 9.78 Å². The summed E-state index contributed by atoms with van der Waals surface area (Å²) in [5.41, 5.74) is 0.646. The van der Waals surface area contributed by atoms with E-state index >= 15 is 0 Å². The number of pyridine rings is 1. The maximum atomic E-state index is 12.1. The Labute approximate surface area is 118 Å². The Kier molecular flexibility index (Phi) is 5.04. The standard InChI is InChI=1S/C16H19NO3/c1-12(18)15(11-13-7-5-6-10-17-13)16(19)20-14-8-3-2-4-9-14/h5-7,10-11,14H,2-4,8-9H2,1H3/b15-11-. The second kappa shape index (κ2) is 6.98. The first-order valence-electron chi connectivity index (χ1n) is 7.01. The Hall–Kier alpha value is -1.97. The highest BCUT2D eigenvalue weighted by Gasteiger charge is 2.22. The summed E-state index contributed by atoms with van der Waals surface area (Å²) in [5.74, 6) is -0.827. The molecule has 0 atom stereocenters. The third-order valence-corrected chi connectivity index (χ3v) is 3.41. The Morgan fingerprint density at radius 2 is 2.00 bits per heavy atom. The van der Waals surface area contributed by atoms with Crippen molar-refractivity contribution >= 4 is 17.8 Å². The second-order valence-corrected chi connectivity index (χ2v) is 5.03. The maximum Gasteiger partial charge on any atom is 0.342 e. The zero-order chi connectivity index (χ0) is 14.4. The van der Waals surface area contributed by atoms with E-state index in [-0.39, 0.29) is 17.5 Å². The van der Waals surface area contributed by atoms with Crippen molar-refractivity contribution in [3.05, 3.63) is 35.7 Å². The minimum Gasteiger partial charge on any atom is -0.459 e. The van der Waals surface area contributed by atoms with Crippen molar-refractivity contribution in [3.63, 3.8) is 0 Å². The Bertz CT molecular complexity index is 502. The lowest BCUT2D eigenvalue weighted by atomic mass is 9.97. The summed E-state index contributed by atoms with van der Waals surface area (Å²) in [5, 5.41) is 0. The van der Waals surface area contributed by atoms with Crippen LogP contribution in [0.2, 0.25) is 0 Å². The minimum absolute atomic E-state index is 0.0530. The first kappa shape index (κ1) is 14.4. The number of Topliss-reactive ketones (excluding diaryl/α,β-unsaturated/α-hetero) is 1. The highest BCUT2D eigenvalue weighted by atomic mass is 16.5. The molecule has 0 saturated heterocycles. The average Bonchev–Trinajstić information content (AvgIpc) is 2.46. The number of rotatable bonds is 4. The van der Waals surface area contributed by atoms with Gasteiger partial charge in [0.2, 0.25) is 0 Å². The third kappa shape index (κ3) is 4.02. The Morgan fingerprint density at radius 3 is 2.60 bits per heavy atom. The summed E-state index contributed by atoms with van der Waals surface area (Å²) in [6, 6.07) is 5.34. The molecule has 4 heteroatoms. The third-order valence-electron chi connectivity index (χ3n) is 3.41. The van der Waals surface area contributed by atoms with Crippen LogP contribution in [-0.2, 0) is 14.3 Å². The molecular formula is C16H19NO3. The fraction of sp³-hybridized carbons (Fsp3) is 0.438. The summed E-state index contributed by atoms with van der Waals surface area (Å²) < 4.78 is 5.43. The van der Waals surface area contributed by atoms with Gasteiger partial charge >= 0.3 is 5.97 Å². The van der Waals surface area contributed by atoms with Crippen molar-refractivity contribution in [1.29, 1.82) is 0 Å². The number of carbonyl (C=O) groups excluding carboxylic acids is 2. The SMILES string of the molecule is CC(=O)/C(=C/c1ccccn1)C(=O)OC1CCCCC1.